The summed E-state index contributed by atoms with van der Waals surface area (Å²) < 4.78 is 51.9. The first-order valence-corrected chi connectivity index (χ1v) is 8.89. The molecule has 2 N–H and O–H groups in total. The van der Waals surface area contributed by atoms with Gasteiger partial charge in [0, 0.05) is 13.6 Å². The molecule has 0 saturated carbocycles. The van der Waals surface area contributed by atoms with Crippen LogP contribution >= 0.6 is 24.0 Å². The number of alkyl halides is 3. The van der Waals surface area contributed by atoms with Gasteiger partial charge in [0.1, 0.15) is 23.9 Å². The van der Waals surface area contributed by atoms with Crippen LogP contribution in [0.4, 0.5) is 13.2 Å². The number of aliphatic imine (C=N–C) groups is 1. The van der Waals surface area contributed by atoms with E-state index in [2.05, 4.69) is 20.4 Å². The van der Waals surface area contributed by atoms with Gasteiger partial charge in [-0.3, -0.25) is 4.99 Å². The molecule has 0 aliphatic carbocycles. The molecule has 0 aromatic heterocycles. The van der Waals surface area contributed by atoms with E-state index in [0.29, 0.717) is 25.7 Å². The Morgan fingerprint density at radius 2 is 1.47 bits per heavy atom. The summed E-state index contributed by atoms with van der Waals surface area (Å²) in [6.07, 6.45) is -4.35. The zero-order chi connectivity index (χ0) is 21.1. The molecule has 0 aliphatic rings. The Morgan fingerprint density at radius 1 is 0.900 bits per heavy atom. The van der Waals surface area contributed by atoms with Crippen LogP contribution in [0.2, 0.25) is 0 Å². The highest BCUT2D eigenvalue weighted by atomic mass is 127. The first-order chi connectivity index (χ1) is 13.9. The predicted octanol–water partition coefficient (Wildman–Crippen LogP) is 4.00. The first-order valence-electron chi connectivity index (χ1n) is 8.89. The minimum atomic E-state index is -4.35. The van der Waals surface area contributed by atoms with Crippen LogP contribution in [0.3, 0.4) is 0 Å². The van der Waals surface area contributed by atoms with Crippen LogP contribution in [0.1, 0.15) is 5.56 Å². The van der Waals surface area contributed by atoms with E-state index in [4.69, 9.17) is 9.47 Å². The van der Waals surface area contributed by atoms with E-state index in [1.807, 2.05) is 24.3 Å². The number of rotatable bonds is 9. The van der Waals surface area contributed by atoms with E-state index in [9.17, 15) is 13.2 Å². The van der Waals surface area contributed by atoms with Crippen molar-refractivity contribution in [3.05, 3.63) is 54.1 Å². The minimum absolute atomic E-state index is 0. The lowest BCUT2D eigenvalue weighted by molar-refractivity contribution is -0.153. The molecule has 0 fully saturated rings. The molecule has 0 saturated heterocycles. The van der Waals surface area contributed by atoms with Gasteiger partial charge in [-0.15, -0.1) is 24.0 Å². The molecule has 2 aromatic rings. The van der Waals surface area contributed by atoms with E-state index < -0.39 is 12.8 Å². The monoisotopic (exact) mass is 539 g/mol. The molecule has 10 heteroatoms. The van der Waals surface area contributed by atoms with Crippen molar-refractivity contribution in [2.75, 3.05) is 33.9 Å². The lowest BCUT2D eigenvalue weighted by Gasteiger charge is -2.13. The molecule has 2 aromatic carbocycles. The summed E-state index contributed by atoms with van der Waals surface area (Å²) in [5.41, 5.74) is 0.877. The second kappa shape index (κ2) is 13.0. The largest absolute Gasteiger partial charge is 0.497 e. The predicted molar refractivity (Wildman–Crippen MR) is 120 cm³/mol. The maximum Gasteiger partial charge on any atom is 0.422 e. The van der Waals surface area contributed by atoms with Gasteiger partial charge in [-0.1, -0.05) is 12.1 Å². The first kappa shape index (κ1) is 25.7. The van der Waals surface area contributed by atoms with Gasteiger partial charge < -0.3 is 24.8 Å². The molecule has 30 heavy (non-hydrogen) atoms. The molecule has 0 radical (unpaired) electrons. The Labute approximate surface area is 190 Å². The molecular formula is C20H25F3IN3O3. The molecule has 0 amide bonds. The van der Waals surface area contributed by atoms with Crippen LogP contribution in [0.15, 0.2) is 53.5 Å². The topological polar surface area (TPSA) is 64.1 Å². The van der Waals surface area contributed by atoms with Crippen LogP contribution in [0.25, 0.3) is 0 Å². The molecule has 166 valence electrons. The summed E-state index contributed by atoms with van der Waals surface area (Å²) in [5, 5.41) is 6.24. The SMILES string of the molecule is CN=C(NCCOc1ccc(OC)cc1)NCc1ccc(OCC(F)(F)F)cc1.I. The van der Waals surface area contributed by atoms with E-state index in [0.717, 1.165) is 17.1 Å². The number of hydrogen-bond donors (Lipinski definition) is 2. The number of methoxy groups -OCH3 is 1. The number of hydrogen-bond acceptors (Lipinski definition) is 4. The number of nitrogens with zero attached hydrogens (tertiary/aromatic N) is 1. The molecule has 0 spiro atoms. The van der Waals surface area contributed by atoms with Crippen molar-refractivity contribution in [1.29, 1.82) is 0 Å². The van der Waals surface area contributed by atoms with Crippen molar-refractivity contribution in [3.63, 3.8) is 0 Å². The van der Waals surface area contributed by atoms with Crippen LogP contribution in [0, 0.1) is 0 Å². The van der Waals surface area contributed by atoms with Gasteiger partial charge in [-0.2, -0.15) is 13.2 Å². The maximum atomic E-state index is 12.2. The number of halogens is 4. The third-order valence-corrected chi connectivity index (χ3v) is 3.73. The second-order valence-electron chi connectivity index (χ2n) is 5.92. The van der Waals surface area contributed by atoms with Crippen LogP contribution in [-0.2, 0) is 6.54 Å². The van der Waals surface area contributed by atoms with Gasteiger partial charge in [0.2, 0.25) is 0 Å². The van der Waals surface area contributed by atoms with Crippen molar-refractivity contribution in [2.24, 2.45) is 4.99 Å². The summed E-state index contributed by atoms with van der Waals surface area (Å²) in [6.45, 7) is 0.131. The Kier molecular flexibility index (Phi) is 11.2. The lowest BCUT2D eigenvalue weighted by atomic mass is 10.2. The van der Waals surface area contributed by atoms with E-state index in [1.165, 1.54) is 12.1 Å². The fourth-order valence-corrected chi connectivity index (χ4v) is 2.29. The molecule has 0 atom stereocenters. The van der Waals surface area contributed by atoms with Crippen molar-refractivity contribution in [2.45, 2.75) is 12.7 Å². The number of guanidine groups is 1. The van der Waals surface area contributed by atoms with Gasteiger partial charge in [0.15, 0.2) is 12.6 Å². The molecule has 6 nitrogen and oxygen atoms in total. The molecular weight excluding hydrogens is 514 g/mol. The lowest BCUT2D eigenvalue weighted by Crippen LogP contribution is -2.38. The van der Waals surface area contributed by atoms with Crippen molar-refractivity contribution in [3.8, 4) is 17.2 Å². The smallest absolute Gasteiger partial charge is 0.422 e. The number of benzene rings is 2. The average Bonchev–Trinajstić information content (AvgIpc) is 2.72. The van der Waals surface area contributed by atoms with E-state index >= 15 is 0 Å². The van der Waals surface area contributed by atoms with E-state index in [1.54, 1.807) is 26.3 Å². The highest BCUT2D eigenvalue weighted by Gasteiger charge is 2.28. The Morgan fingerprint density at radius 3 is 2.03 bits per heavy atom. The van der Waals surface area contributed by atoms with Gasteiger partial charge in [-0.05, 0) is 42.0 Å². The zero-order valence-electron chi connectivity index (χ0n) is 16.7. The number of ether oxygens (including phenoxy) is 3. The Balaban J connectivity index is 0.00000450. The zero-order valence-corrected chi connectivity index (χ0v) is 19.0. The van der Waals surface area contributed by atoms with Gasteiger partial charge >= 0.3 is 6.18 Å². The maximum absolute atomic E-state index is 12.2. The third-order valence-electron chi connectivity index (χ3n) is 3.73. The van der Waals surface area contributed by atoms with Gasteiger partial charge in [0.05, 0.1) is 13.7 Å². The average molecular weight is 539 g/mol. The highest BCUT2D eigenvalue weighted by Crippen LogP contribution is 2.19. The van der Waals surface area contributed by atoms with Gasteiger partial charge in [0.25, 0.3) is 0 Å². The van der Waals surface area contributed by atoms with Crippen LogP contribution in [0.5, 0.6) is 17.2 Å². The van der Waals surface area contributed by atoms with Crippen molar-refractivity contribution < 1.29 is 27.4 Å². The quantitative estimate of drug-likeness (QED) is 0.219. The summed E-state index contributed by atoms with van der Waals surface area (Å²) >= 11 is 0. The summed E-state index contributed by atoms with van der Waals surface area (Å²) in [6, 6.07) is 13.7. The molecule has 2 rings (SSSR count). The minimum Gasteiger partial charge on any atom is -0.497 e. The fourth-order valence-electron chi connectivity index (χ4n) is 2.29. The standard InChI is InChI=1S/C20H24F3N3O3.HI/c1-24-19(25-11-12-28-17-9-7-16(27-2)8-10-17)26-13-15-3-5-18(6-4-15)29-14-20(21,22)23;/h3-10H,11-14H2,1-2H3,(H2,24,25,26);1H. The second-order valence-corrected chi connectivity index (χ2v) is 5.92. The Bertz CT molecular complexity index is 770. The van der Waals surface area contributed by atoms with Crippen molar-refractivity contribution in [1.82, 2.24) is 10.6 Å². The summed E-state index contributed by atoms with van der Waals surface area (Å²) in [5.74, 6) is 2.26. The van der Waals surface area contributed by atoms with Gasteiger partial charge in [-0.25, -0.2) is 0 Å². The highest BCUT2D eigenvalue weighted by molar-refractivity contribution is 14.0. The molecule has 0 aliphatic heterocycles. The van der Waals surface area contributed by atoms with Crippen molar-refractivity contribution >= 4 is 29.9 Å². The molecule has 0 bridgehead atoms. The molecule has 0 heterocycles. The molecule has 0 unspecified atom stereocenters. The van der Waals surface area contributed by atoms with E-state index in [-0.39, 0.29) is 29.7 Å². The summed E-state index contributed by atoms with van der Waals surface area (Å²) in [4.78, 5) is 4.12. The Hall–Kier alpha value is -2.37. The van der Waals surface area contributed by atoms with Crippen LogP contribution < -0.4 is 24.8 Å². The summed E-state index contributed by atoms with van der Waals surface area (Å²) in [7, 11) is 3.25. The number of nitrogens with one attached hydrogen (secondary N) is 2. The fraction of sp³-hybridized carbons (Fsp3) is 0.350. The normalized spacial score (nSPS) is 11.3. The van der Waals surface area contributed by atoms with Crippen LogP contribution in [-0.4, -0.2) is 46.1 Å². The third kappa shape index (κ3) is 9.90.